The molecule has 0 atom stereocenters. The van der Waals surface area contributed by atoms with Gasteiger partial charge in [0.1, 0.15) is 12.3 Å². The molecule has 1 aliphatic rings. The molecule has 50 valence electrons. The van der Waals surface area contributed by atoms with E-state index < -0.39 is 0 Å². The van der Waals surface area contributed by atoms with Gasteiger partial charge in [0, 0.05) is 6.42 Å². The third-order valence-electron chi connectivity index (χ3n) is 0.998. The average Bonchev–Trinajstić information content (AvgIpc) is 2.37. The van der Waals surface area contributed by atoms with E-state index in [4.69, 9.17) is 5.84 Å². The molecule has 0 aromatic rings. The van der Waals surface area contributed by atoms with Crippen molar-refractivity contribution in [2.45, 2.75) is 6.42 Å². The number of nitrogens with two attached hydrogens (primary N) is 1. The van der Waals surface area contributed by atoms with Gasteiger partial charge in [-0.2, -0.15) is 0 Å². The molecule has 0 saturated carbocycles. The van der Waals surface area contributed by atoms with E-state index in [9.17, 15) is 4.79 Å². The van der Waals surface area contributed by atoms with Crippen molar-refractivity contribution in [3.05, 3.63) is 0 Å². The fourth-order valence-electron chi connectivity index (χ4n) is 0.550. The molecule has 0 aliphatic carbocycles. The lowest BCUT2D eigenvalue weighted by Crippen LogP contribution is -2.35. The molecule has 5 heteroatoms. The molecule has 0 fully saturated rings. The first-order valence-corrected chi connectivity index (χ1v) is 2.54. The molecule has 3 N–H and O–H groups in total. The van der Waals surface area contributed by atoms with Crippen LogP contribution < -0.4 is 11.3 Å². The van der Waals surface area contributed by atoms with E-state index >= 15 is 0 Å². The number of carbonyl (C=O) groups excluding carboxylic acids is 1. The van der Waals surface area contributed by atoms with Gasteiger partial charge in [0.15, 0.2) is 0 Å². The summed E-state index contributed by atoms with van der Waals surface area (Å²) in [5, 5.41) is 3.43. The molecular weight excluding hydrogens is 122 g/mol. The average molecular weight is 129 g/mol. The lowest BCUT2D eigenvalue weighted by Gasteiger charge is -1.91. The Balaban J connectivity index is 2.51. The Bertz CT molecular complexity index is 154. The minimum atomic E-state index is -0.368. The van der Waals surface area contributed by atoms with Crippen LogP contribution in [0.5, 0.6) is 0 Å². The number of amides is 1. The van der Waals surface area contributed by atoms with Gasteiger partial charge in [-0.3, -0.25) is 10.2 Å². The van der Waals surface area contributed by atoms with Crippen molar-refractivity contribution in [1.82, 2.24) is 5.43 Å². The summed E-state index contributed by atoms with van der Waals surface area (Å²) in [6.07, 6.45) is 0.545. The number of nitrogens with zero attached hydrogens (tertiary/aromatic N) is 1. The van der Waals surface area contributed by atoms with Crippen LogP contribution in [0, 0.1) is 0 Å². The first-order valence-electron chi connectivity index (χ1n) is 2.54. The van der Waals surface area contributed by atoms with Gasteiger partial charge >= 0.3 is 0 Å². The van der Waals surface area contributed by atoms with Crippen molar-refractivity contribution in [2.24, 2.45) is 11.0 Å². The van der Waals surface area contributed by atoms with E-state index in [1.807, 2.05) is 5.43 Å². The summed E-state index contributed by atoms with van der Waals surface area (Å²) in [6.45, 7) is 0.475. The molecule has 0 bridgehead atoms. The molecule has 5 nitrogen and oxygen atoms in total. The van der Waals surface area contributed by atoms with Crippen LogP contribution in [0.3, 0.4) is 0 Å². The molecule has 0 radical (unpaired) electrons. The second-order valence-electron chi connectivity index (χ2n) is 1.59. The lowest BCUT2D eigenvalue weighted by atomic mass is 10.3. The van der Waals surface area contributed by atoms with Crippen molar-refractivity contribution < 1.29 is 9.63 Å². The number of oxime groups is 1. The highest BCUT2D eigenvalue weighted by Crippen LogP contribution is 1.98. The minimum absolute atomic E-state index is 0.359. The molecule has 0 aromatic heterocycles. The van der Waals surface area contributed by atoms with Crippen molar-refractivity contribution in [2.75, 3.05) is 6.61 Å². The van der Waals surface area contributed by atoms with Gasteiger partial charge in [0.05, 0.1) is 0 Å². The summed E-state index contributed by atoms with van der Waals surface area (Å²) >= 11 is 0. The summed E-state index contributed by atoms with van der Waals surface area (Å²) in [6, 6.07) is 0. The van der Waals surface area contributed by atoms with Crippen LogP contribution >= 0.6 is 0 Å². The number of carbonyl (C=O) groups is 1. The Hall–Kier alpha value is -1.10. The maximum absolute atomic E-state index is 10.6. The summed E-state index contributed by atoms with van der Waals surface area (Å²) in [7, 11) is 0. The van der Waals surface area contributed by atoms with Crippen LogP contribution in [0.25, 0.3) is 0 Å². The molecule has 0 aromatic carbocycles. The van der Waals surface area contributed by atoms with Gasteiger partial charge in [-0.05, 0) is 0 Å². The van der Waals surface area contributed by atoms with E-state index in [0.29, 0.717) is 18.7 Å². The molecule has 1 aliphatic heterocycles. The standard InChI is InChI=1S/C4H7N3O2/c5-6-4(8)3-1-2-9-7-3/h1-2,5H2,(H,6,8). The van der Waals surface area contributed by atoms with Crippen LogP contribution in [0.4, 0.5) is 0 Å². The van der Waals surface area contributed by atoms with Crippen molar-refractivity contribution in [1.29, 1.82) is 0 Å². The Morgan fingerprint density at radius 3 is 3.11 bits per heavy atom. The van der Waals surface area contributed by atoms with Crippen LogP contribution in [0.2, 0.25) is 0 Å². The Morgan fingerprint density at radius 1 is 1.89 bits per heavy atom. The Labute approximate surface area is 51.8 Å². The molecule has 1 amide bonds. The van der Waals surface area contributed by atoms with Gasteiger partial charge in [0.2, 0.25) is 0 Å². The first-order chi connectivity index (χ1) is 4.34. The summed E-state index contributed by atoms with van der Waals surface area (Å²) in [4.78, 5) is 15.1. The molecule has 0 saturated heterocycles. The highest BCUT2D eigenvalue weighted by Gasteiger charge is 2.14. The van der Waals surface area contributed by atoms with Gasteiger partial charge in [0.25, 0.3) is 5.91 Å². The zero-order valence-corrected chi connectivity index (χ0v) is 4.76. The minimum Gasteiger partial charge on any atom is -0.395 e. The number of hydrogen-bond donors (Lipinski definition) is 2. The normalized spacial score (nSPS) is 16.3. The third kappa shape index (κ3) is 1.17. The highest BCUT2D eigenvalue weighted by molar-refractivity contribution is 6.38. The number of hydrazine groups is 1. The summed E-state index contributed by atoms with van der Waals surface area (Å²) in [5.74, 6) is 4.45. The topological polar surface area (TPSA) is 76.7 Å². The largest absolute Gasteiger partial charge is 0.395 e. The van der Waals surface area contributed by atoms with E-state index in [0.717, 1.165) is 0 Å². The highest BCUT2D eigenvalue weighted by atomic mass is 16.6. The zero-order chi connectivity index (χ0) is 6.69. The first kappa shape index (κ1) is 6.03. The maximum Gasteiger partial charge on any atom is 0.283 e. The second-order valence-corrected chi connectivity index (χ2v) is 1.59. The van der Waals surface area contributed by atoms with Gasteiger partial charge in [-0.15, -0.1) is 0 Å². The van der Waals surface area contributed by atoms with Gasteiger partial charge in [-0.25, -0.2) is 5.84 Å². The van der Waals surface area contributed by atoms with Crippen molar-refractivity contribution in [3.8, 4) is 0 Å². The molecule has 0 spiro atoms. The maximum atomic E-state index is 10.6. The zero-order valence-electron chi connectivity index (χ0n) is 4.76. The van der Waals surface area contributed by atoms with Gasteiger partial charge < -0.3 is 4.84 Å². The molecule has 1 heterocycles. The quantitative estimate of drug-likeness (QED) is 0.264. The SMILES string of the molecule is NNC(=O)C1=NOCC1. The molecule has 1 rings (SSSR count). The van der Waals surface area contributed by atoms with Crippen LogP contribution in [-0.4, -0.2) is 18.2 Å². The van der Waals surface area contributed by atoms with Crippen LogP contribution in [-0.2, 0) is 9.63 Å². The molecule has 9 heavy (non-hydrogen) atoms. The fraction of sp³-hybridized carbons (Fsp3) is 0.500. The third-order valence-corrected chi connectivity index (χ3v) is 0.998. The molecular formula is C4H7N3O2. The second kappa shape index (κ2) is 2.45. The Kier molecular flexibility index (Phi) is 1.64. The smallest absolute Gasteiger partial charge is 0.283 e. The summed E-state index contributed by atoms with van der Waals surface area (Å²) < 4.78 is 0. The fourth-order valence-corrected chi connectivity index (χ4v) is 0.550. The van der Waals surface area contributed by atoms with Crippen LogP contribution in [0.1, 0.15) is 6.42 Å². The van der Waals surface area contributed by atoms with E-state index in [1.54, 1.807) is 0 Å². The Morgan fingerprint density at radius 2 is 2.67 bits per heavy atom. The van der Waals surface area contributed by atoms with Crippen molar-refractivity contribution >= 4 is 11.6 Å². The number of rotatable bonds is 1. The predicted octanol–water partition coefficient (Wildman–Crippen LogP) is -1.25. The monoisotopic (exact) mass is 129 g/mol. The predicted molar refractivity (Wildman–Crippen MR) is 30.3 cm³/mol. The van der Waals surface area contributed by atoms with Crippen molar-refractivity contribution in [3.63, 3.8) is 0 Å². The van der Waals surface area contributed by atoms with Crippen LogP contribution in [0.15, 0.2) is 5.16 Å². The van der Waals surface area contributed by atoms with E-state index in [1.165, 1.54) is 0 Å². The summed E-state index contributed by atoms with van der Waals surface area (Å²) in [5.41, 5.74) is 2.32. The van der Waals surface area contributed by atoms with E-state index in [2.05, 4.69) is 9.99 Å². The van der Waals surface area contributed by atoms with E-state index in [-0.39, 0.29) is 5.91 Å². The number of nitrogens with one attached hydrogen (secondary N) is 1. The molecule has 0 unspecified atom stereocenters. The number of hydrogen-bond acceptors (Lipinski definition) is 4. The lowest BCUT2D eigenvalue weighted by molar-refractivity contribution is -0.114. The van der Waals surface area contributed by atoms with Gasteiger partial charge in [-0.1, -0.05) is 5.16 Å².